The van der Waals surface area contributed by atoms with Crippen molar-refractivity contribution in [3.05, 3.63) is 48.6 Å². The second-order valence-corrected chi connectivity index (χ2v) is 4.43. The normalized spacial score (nSPS) is 10.2. The smallest absolute Gasteiger partial charge is 0.333 e. The van der Waals surface area contributed by atoms with Gasteiger partial charge in [0.2, 0.25) is 0 Å². The van der Waals surface area contributed by atoms with Crippen LogP contribution in [0.15, 0.2) is 48.6 Å². The van der Waals surface area contributed by atoms with Crippen molar-refractivity contribution in [3.8, 4) is 11.5 Å². The van der Waals surface area contributed by atoms with Crippen LogP contribution in [0.5, 0.6) is 11.5 Å². The molecule has 0 fully saturated rings. The Morgan fingerprint density at radius 2 is 2.05 bits per heavy atom. The van der Waals surface area contributed by atoms with E-state index in [0.29, 0.717) is 11.3 Å². The van der Waals surface area contributed by atoms with E-state index in [1.165, 1.54) is 0 Å². The average molecular weight is 272 g/mol. The maximum Gasteiger partial charge on any atom is 0.333 e. The molecule has 0 aliphatic heterocycles. The van der Waals surface area contributed by atoms with Crippen molar-refractivity contribution in [2.45, 2.75) is 6.92 Å². The molecular weight excluding hydrogens is 256 g/mol. The molecule has 0 saturated heterocycles. The maximum atomic E-state index is 11.2. The molecule has 4 heteroatoms. The number of fused-ring (bicyclic) bond motifs is 1. The number of rotatable bonds is 5. The van der Waals surface area contributed by atoms with Crippen molar-refractivity contribution >= 4 is 16.7 Å². The number of ether oxygens (including phenoxy) is 2. The van der Waals surface area contributed by atoms with Gasteiger partial charge in [-0.05, 0) is 36.6 Å². The van der Waals surface area contributed by atoms with Crippen LogP contribution in [0.25, 0.3) is 10.8 Å². The van der Waals surface area contributed by atoms with E-state index in [9.17, 15) is 9.90 Å². The molecule has 1 N–H and O–H groups in total. The molecule has 0 aliphatic rings. The van der Waals surface area contributed by atoms with Crippen molar-refractivity contribution in [3.63, 3.8) is 0 Å². The molecule has 0 bridgehead atoms. The third kappa shape index (κ3) is 3.29. The predicted octanol–water partition coefficient (Wildman–Crippen LogP) is 3.04. The van der Waals surface area contributed by atoms with Gasteiger partial charge in [-0.1, -0.05) is 18.7 Å². The molecule has 0 saturated carbocycles. The Morgan fingerprint density at radius 3 is 2.80 bits per heavy atom. The maximum absolute atomic E-state index is 11.2. The minimum absolute atomic E-state index is 0.167. The van der Waals surface area contributed by atoms with E-state index in [2.05, 4.69) is 6.58 Å². The van der Waals surface area contributed by atoms with Crippen molar-refractivity contribution in [2.24, 2.45) is 0 Å². The Labute approximate surface area is 117 Å². The summed E-state index contributed by atoms with van der Waals surface area (Å²) in [5.41, 5.74) is 0.366. The van der Waals surface area contributed by atoms with Gasteiger partial charge in [-0.3, -0.25) is 0 Å². The number of hydrogen-bond donors (Lipinski definition) is 1. The summed E-state index contributed by atoms with van der Waals surface area (Å²) < 4.78 is 10.6. The van der Waals surface area contributed by atoms with Crippen LogP contribution in [0.2, 0.25) is 0 Å². The number of phenolic OH excluding ortho intramolecular Hbond substituents is 1. The number of esters is 1. The lowest BCUT2D eigenvalue weighted by atomic mass is 10.1. The minimum atomic E-state index is -0.420. The molecule has 4 nitrogen and oxygen atoms in total. The zero-order valence-electron chi connectivity index (χ0n) is 11.3. The molecule has 0 atom stereocenters. The number of carbonyl (C=O) groups excluding carboxylic acids is 1. The van der Waals surface area contributed by atoms with Gasteiger partial charge in [0.15, 0.2) is 0 Å². The van der Waals surface area contributed by atoms with Crippen LogP contribution >= 0.6 is 0 Å². The highest BCUT2D eigenvalue weighted by Crippen LogP contribution is 2.28. The summed E-state index contributed by atoms with van der Waals surface area (Å²) in [5, 5.41) is 11.2. The van der Waals surface area contributed by atoms with Gasteiger partial charge in [0, 0.05) is 11.0 Å². The minimum Gasteiger partial charge on any atom is -0.508 e. The van der Waals surface area contributed by atoms with Gasteiger partial charge in [0.25, 0.3) is 0 Å². The van der Waals surface area contributed by atoms with Crippen LogP contribution in [-0.2, 0) is 9.53 Å². The first kappa shape index (κ1) is 13.9. The lowest BCUT2D eigenvalue weighted by Crippen LogP contribution is -2.12. The van der Waals surface area contributed by atoms with E-state index in [4.69, 9.17) is 9.47 Å². The number of phenols is 1. The summed E-state index contributed by atoms with van der Waals surface area (Å²) in [6.45, 7) is 5.53. The summed E-state index contributed by atoms with van der Waals surface area (Å²) >= 11 is 0. The molecule has 0 unspecified atom stereocenters. The molecule has 0 spiro atoms. The Balaban J connectivity index is 2.00. The van der Waals surface area contributed by atoms with Gasteiger partial charge in [-0.25, -0.2) is 4.79 Å². The molecular formula is C16H16O4. The highest BCUT2D eigenvalue weighted by atomic mass is 16.6. The Morgan fingerprint density at radius 1 is 1.25 bits per heavy atom. The summed E-state index contributed by atoms with van der Waals surface area (Å²) in [4.78, 5) is 11.2. The van der Waals surface area contributed by atoms with Crippen molar-refractivity contribution < 1.29 is 19.4 Å². The lowest BCUT2D eigenvalue weighted by molar-refractivity contribution is -0.139. The number of benzene rings is 2. The monoisotopic (exact) mass is 272 g/mol. The highest BCUT2D eigenvalue weighted by Gasteiger charge is 2.05. The van der Waals surface area contributed by atoms with Crippen LogP contribution in [0.4, 0.5) is 0 Å². The third-order valence-corrected chi connectivity index (χ3v) is 2.75. The number of carbonyl (C=O) groups is 1. The van der Waals surface area contributed by atoms with E-state index in [0.717, 1.165) is 10.8 Å². The summed E-state index contributed by atoms with van der Waals surface area (Å²) in [5.74, 6) is 0.482. The fourth-order valence-corrected chi connectivity index (χ4v) is 1.78. The quantitative estimate of drug-likeness (QED) is 0.516. The summed E-state index contributed by atoms with van der Waals surface area (Å²) in [7, 11) is 0. The van der Waals surface area contributed by atoms with Crippen LogP contribution < -0.4 is 4.74 Å². The van der Waals surface area contributed by atoms with E-state index in [-0.39, 0.29) is 19.0 Å². The highest BCUT2D eigenvalue weighted by molar-refractivity contribution is 5.89. The molecule has 0 radical (unpaired) electrons. The molecule has 0 heterocycles. The first-order chi connectivity index (χ1) is 9.58. The zero-order chi connectivity index (χ0) is 14.5. The predicted molar refractivity (Wildman–Crippen MR) is 76.9 cm³/mol. The van der Waals surface area contributed by atoms with Crippen molar-refractivity contribution in [2.75, 3.05) is 13.2 Å². The molecule has 2 aromatic rings. The Kier molecular flexibility index (Phi) is 4.25. The molecule has 2 rings (SSSR count). The van der Waals surface area contributed by atoms with Gasteiger partial charge in [-0.2, -0.15) is 0 Å². The first-order valence-corrected chi connectivity index (χ1v) is 6.25. The van der Waals surface area contributed by atoms with Gasteiger partial charge in [0.1, 0.15) is 24.7 Å². The van der Waals surface area contributed by atoms with E-state index in [1.54, 1.807) is 25.1 Å². The Hall–Kier alpha value is -2.49. The summed E-state index contributed by atoms with van der Waals surface area (Å²) in [6, 6.07) is 10.6. The van der Waals surface area contributed by atoms with Crippen LogP contribution in [-0.4, -0.2) is 24.3 Å². The van der Waals surface area contributed by atoms with Gasteiger partial charge in [0.05, 0.1) is 0 Å². The molecule has 104 valence electrons. The van der Waals surface area contributed by atoms with Gasteiger partial charge in [-0.15, -0.1) is 0 Å². The summed E-state index contributed by atoms with van der Waals surface area (Å²) in [6.07, 6.45) is 0. The largest absolute Gasteiger partial charge is 0.508 e. The molecule has 20 heavy (non-hydrogen) atoms. The zero-order valence-corrected chi connectivity index (χ0v) is 11.3. The SMILES string of the molecule is C=C(C)C(=O)OCCOc1cccc2cc(O)ccc12. The molecule has 0 aromatic heterocycles. The molecule has 2 aromatic carbocycles. The number of aromatic hydroxyl groups is 1. The number of hydrogen-bond acceptors (Lipinski definition) is 4. The fraction of sp³-hybridized carbons (Fsp3) is 0.188. The van der Waals surface area contributed by atoms with E-state index >= 15 is 0 Å². The van der Waals surface area contributed by atoms with Crippen molar-refractivity contribution in [1.29, 1.82) is 0 Å². The van der Waals surface area contributed by atoms with Gasteiger partial charge < -0.3 is 14.6 Å². The van der Waals surface area contributed by atoms with Crippen LogP contribution in [0.3, 0.4) is 0 Å². The van der Waals surface area contributed by atoms with E-state index in [1.807, 2.05) is 18.2 Å². The van der Waals surface area contributed by atoms with Gasteiger partial charge >= 0.3 is 5.97 Å². The fourth-order valence-electron chi connectivity index (χ4n) is 1.78. The molecule has 0 amide bonds. The average Bonchev–Trinajstić information content (AvgIpc) is 2.42. The first-order valence-electron chi connectivity index (χ1n) is 6.25. The third-order valence-electron chi connectivity index (χ3n) is 2.75. The van der Waals surface area contributed by atoms with Crippen LogP contribution in [0.1, 0.15) is 6.92 Å². The topological polar surface area (TPSA) is 55.8 Å². The van der Waals surface area contributed by atoms with E-state index < -0.39 is 5.97 Å². The Bertz CT molecular complexity index is 646. The van der Waals surface area contributed by atoms with Crippen molar-refractivity contribution in [1.82, 2.24) is 0 Å². The van der Waals surface area contributed by atoms with Crippen LogP contribution in [0, 0.1) is 0 Å². The standard InChI is InChI=1S/C16H16O4/c1-11(2)16(18)20-9-8-19-15-5-3-4-12-10-13(17)6-7-14(12)15/h3-7,10,17H,1,8-9H2,2H3. The second kappa shape index (κ2) is 6.10. The lowest BCUT2D eigenvalue weighted by Gasteiger charge is -2.10. The molecule has 0 aliphatic carbocycles. The second-order valence-electron chi connectivity index (χ2n) is 4.43.